The van der Waals surface area contributed by atoms with E-state index in [1.54, 1.807) is 36.4 Å². The van der Waals surface area contributed by atoms with Crippen LogP contribution in [0, 0.1) is 13.8 Å². The first-order valence-electron chi connectivity index (χ1n) is 11.7. The van der Waals surface area contributed by atoms with Crippen LogP contribution in [0.4, 0.5) is 0 Å². The summed E-state index contributed by atoms with van der Waals surface area (Å²) in [7, 11) is 0. The van der Waals surface area contributed by atoms with E-state index in [0.717, 1.165) is 11.1 Å². The molecule has 3 N–H and O–H groups in total. The number of aliphatic hydroxyl groups excluding tert-OH is 1. The van der Waals surface area contributed by atoms with Gasteiger partial charge in [-0.2, -0.15) is 0 Å². The number of rotatable bonds is 8. The summed E-state index contributed by atoms with van der Waals surface area (Å²) in [6.45, 7) is 3.46. The first kappa shape index (κ1) is 25.6. The van der Waals surface area contributed by atoms with Gasteiger partial charge in [0.1, 0.15) is 11.5 Å². The van der Waals surface area contributed by atoms with E-state index in [1.165, 1.54) is 0 Å². The molecule has 9 heteroatoms. The number of carbonyl (C=O) groups excluding carboxylic acids is 2. The van der Waals surface area contributed by atoms with Gasteiger partial charge >= 0.3 is 0 Å². The molecule has 35 heavy (non-hydrogen) atoms. The van der Waals surface area contributed by atoms with E-state index in [9.17, 15) is 14.7 Å². The Balaban J connectivity index is 1.28. The molecule has 3 fully saturated rings. The number of halogens is 2. The Morgan fingerprint density at radius 3 is 1.83 bits per heavy atom. The molecular weight excluding hydrogens is 491 g/mol. The fourth-order valence-corrected chi connectivity index (χ4v) is 5.25. The van der Waals surface area contributed by atoms with Crippen LogP contribution in [-0.2, 0) is 9.59 Å². The summed E-state index contributed by atoms with van der Waals surface area (Å²) < 4.78 is 11.2. The van der Waals surface area contributed by atoms with Gasteiger partial charge in [0.2, 0.25) is 0 Å². The molecule has 2 aromatic carbocycles. The highest BCUT2D eigenvalue weighted by Gasteiger charge is 2.55. The van der Waals surface area contributed by atoms with Gasteiger partial charge in [0.15, 0.2) is 13.2 Å². The Kier molecular flexibility index (Phi) is 7.50. The van der Waals surface area contributed by atoms with Crippen LogP contribution in [0.1, 0.15) is 43.2 Å². The SMILES string of the molecule is Cc1cc(OCC(=O)NC23CCC(NC(=O)COc4ccc(Cl)c(C)c4)(CC2)[C@@H](O)C3)ccc1Cl. The topological polar surface area (TPSA) is 96.9 Å². The van der Waals surface area contributed by atoms with Crippen LogP contribution in [0.3, 0.4) is 0 Å². The van der Waals surface area contributed by atoms with Crippen molar-refractivity contribution in [1.29, 1.82) is 0 Å². The standard InChI is InChI=1S/C26H30Cl2N2O5/c1-16-11-18(3-5-20(16)27)34-14-23(32)29-25-7-9-26(10-8-25,22(31)13-25)30-24(33)15-35-19-4-6-21(28)17(2)12-19/h3-6,11-12,22,31H,7-10,13-15H2,1-2H3,(H,29,32)(H,30,33)/t22-,25?,26?/m0/s1. The number of ether oxygens (including phenoxy) is 2. The molecule has 2 amide bonds. The fraction of sp³-hybridized carbons (Fsp3) is 0.462. The van der Waals surface area contributed by atoms with E-state index in [4.69, 9.17) is 32.7 Å². The quantitative estimate of drug-likeness (QED) is 0.486. The molecule has 0 radical (unpaired) electrons. The maximum absolute atomic E-state index is 12.6. The summed E-state index contributed by atoms with van der Waals surface area (Å²) in [5, 5.41) is 18.3. The Hall–Kier alpha value is -2.48. The zero-order valence-corrected chi connectivity index (χ0v) is 21.3. The van der Waals surface area contributed by atoms with Crippen LogP contribution in [0.25, 0.3) is 0 Å². The van der Waals surface area contributed by atoms with Gasteiger partial charge in [0.25, 0.3) is 11.8 Å². The lowest BCUT2D eigenvalue weighted by Gasteiger charge is -2.56. The Morgan fingerprint density at radius 1 is 0.886 bits per heavy atom. The molecule has 2 bridgehead atoms. The molecule has 2 aromatic rings. The van der Waals surface area contributed by atoms with Crippen LogP contribution in [-0.4, -0.2) is 47.3 Å². The summed E-state index contributed by atoms with van der Waals surface area (Å²) >= 11 is 12.1. The Bertz CT molecular complexity index is 1110. The van der Waals surface area contributed by atoms with E-state index < -0.39 is 17.2 Å². The van der Waals surface area contributed by atoms with Crippen molar-refractivity contribution in [3.05, 3.63) is 57.6 Å². The second-order valence-electron chi connectivity index (χ2n) is 9.65. The molecule has 1 atom stereocenters. The maximum Gasteiger partial charge on any atom is 0.258 e. The minimum Gasteiger partial charge on any atom is -0.484 e. The van der Waals surface area contributed by atoms with Crippen LogP contribution in [0.2, 0.25) is 10.0 Å². The van der Waals surface area contributed by atoms with Crippen molar-refractivity contribution < 1.29 is 24.2 Å². The second kappa shape index (κ2) is 10.2. The number of carbonyl (C=O) groups is 2. The molecule has 0 spiro atoms. The lowest BCUT2D eigenvalue weighted by Crippen LogP contribution is -2.70. The summed E-state index contributed by atoms with van der Waals surface area (Å²) in [5.74, 6) is 0.603. The van der Waals surface area contributed by atoms with Gasteiger partial charge in [-0.15, -0.1) is 0 Å². The molecule has 3 saturated carbocycles. The minimum atomic E-state index is -0.771. The van der Waals surface area contributed by atoms with E-state index in [2.05, 4.69) is 10.6 Å². The Morgan fingerprint density at radius 2 is 1.37 bits per heavy atom. The van der Waals surface area contributed by atoms with E-state index >= 15 is 0 Å². The molecule has 3 aliphatic rings. The van der Waals surface area contributed by atoms with Crippen LogP contribution < -0.4 is 20.1 Å². The summed E-state index contributed by atoms with van der Waals surface area (Å²) in [6.07, 6.45) is 2.05. The predicted octanol–water partition coefficient (Wildman–Crippen LogP) is 4.12. The molecule has 0 heterocycles. The smallest absolute Gasteiger partial charge is 0.258 e. The van der Waals surface area contributed by atoms with Crippen LogP contribution in [0.5, 0.6) is 11.5 Å². The van der Waals surface area contributed by atoms with Crippen LogP contribution in [0.15, 0.2) is 36.4 Å². The van der Waals surface area contributed by atoms with Gasteiger partial charge in [-0.25, -0.2) is 0 Å². The third-order valence-electron chi connectivity index (χ3n) is 7.11. The lowest BCUT2D eigenvalue weighted by atomic mass is 9.60. The van der Waals surface area contributed by atoms with Crippen LogP contribution >= 0.6 is 23.2 Å². The summed E-state index contributed by atoms with van der Waals surface area (Å²) in [5.41, 5.74) is 0.530. The average Bonchev–Trinajstić information content (AvgIpc) is 2.82. The van der Waals surface area contributed by atoms with Gasteiger partial charge in [-0.3, -0.25) is 9.59 Å². The number of aliphatic hydroxyl groups is 1. The number of hydrogen-bond donors (Lipinski definition) is 3. The molecule has 3 aliphatic carbocycles. The first-order valence-corrected chi connectivity index (χ1v) is 12.4. The molecule has 0 saturated heterocycles. The number of amides is 2. The van der Waals surface area contributed by atoms with Crippen molar-refractivity contribution in [2.75, 3.05) is 13.2 Å². The minimum absolute atomic E-state index is 0.123. The molecule has 0 aliphatic heterocycles. The largest absolute Gasteiger partial charge is 0.484 e. The zero-order chi connectivity index (χ0) is 25.2. The molecule has 7 nitrogen and oxygen atoms in total. The van der Waals surface area contributed by atoms with Crippen molar-refractivity contribution in [1.82, 2.24) is 10.6 Å². The van der Waals surface area contributed by atoms with E-state index in [1.807, 2.05) is 13.8 Å². The molecule has 0 aromatic heterocycles. The molecular formula is C26H30Cl2N2O5. The second-order valence-corrected chi connectivity index (χ2v) is 10.5. The monoisotopic (exact) mass is 520 g/mol. The number of nitrogens with one attached hydrogen (secondary N) is 2. The van der Waals surface area contributed by atoms with Crippen molar-refractivity contribution >= 4 is 35.0 Å². The zero-order valence-electron chi connectivity index (χ0n) is 19.8. The normalized spacial score (nSPS) is 25.1. The van der Waals surface area contributed by atoms with Crippen molar-refractivity contribution in [2.24, 2.45) is 0 Å². The van der Waals surface area contributed by atoms with E-state index in [-0.39, 0.29) is 25.0 Å². The first-order chi connectivity index (χ1) is 16.6. The summed E-state index contributed by atoms with van der Waals surface area (Å²) in [4.78, 5) is 25.2. The van der Waals surface area contributed by atoms with E-state index in [0.29, 0.717) is 53.6 Å². The molecule has 0 unspecified atom stereocenters. The highest BCUT2D eigenvalue weighted by Crippen LogP contribution is 2.47. The predicted molar refractivity (Wildman–Crippen MR) is 134 cm³/mol. The highest BCUT2D eigenvalue weighted by molar-refractivity contribution is 6.31. The van der Waals surface area contributed by atoms with Gasteiger partial charge in [0, 0.05) is 15.6 Å². The molecule has 5 rings (SSSR count). The van der Waals surface area contributed by atoms with Gasteiger partial charge in [0.05, 0.1) is 11.6 Å². The van der Waals surface area contributed by atoms with Gasteiger partial charge < -0.3 is 25.2 Å². The number of benzene rings is 2. The maximum atomic E-state index is 12.6. The van der Waals surface area contributed by atoms with Crippen molar-refractivity contribution in [3.63, 3.8) is 0 Å². The highest BCUT2D eigenvalue weighted by atomic mass is 35.5. The molecule has 188 valence electrons. The fourth-order valence-electron chi connectivity index (χ4n) is 5.02. The number of aryl methyl sites for hydroxylation is 2. The van der Waals surface area contributed by atoms with Gasteiger partial charge in [-0.1, -0.05) is 23.2 Å². The summed E-state index contributed by atoms with van der Waals surface area (Å²) in [6, 6.07) is 10.5. The van der Waals surface area contributed by atoms with Gasteiger partial charge in [-0.05, 0) is 93.5 Å². The third kappa shape index (κ3) is 5.85. The lowest BCUT2D eigenvalue weighted by molar-refractivity contribution is -0.137. The van der Waals surface area contributed by atoms with Crippen molar-refractivity contribution in [2.45, 2.75) is 63.1 Å². The number of hydrogen-bond acceptors (Lipinski definition) is 5. The Labute approximate surface area is 215 Å². The average molecular weight is 521 g/mol. The van der Waals surface area contributed by atoms with Crippen molar-refractivity contribution in [3.8, 4) is 11.5 Å². The third-order valence-corrected chi connectivity index (χ3v) is 7.96. The number of fused-ring (bicyclic) bond motifs is 3.